The third-order valence-electron chi connectivity index (χ3n) is 7.67. The number of carbonyl (C=O) groups is 2. The number of anilines is 2. The minimum absolute atomic E-state index is 0.000340. The predicted octanol–water partition coefficient (Wildman–Crippen LogP) is 4.50. The molecule has 3 aromatic carbocycles. The van der Waals surface area contributed by atoms with E-state index in [2.05, 4.69) is 15.6 Å². The summed E-state index contributed by atoms with van der Waals surface area (Å²) in [5, 5.41) is 17.1. The first-order valence-corrected chi connectivity index (χ1v) is 15.7. The number of nitrogens with one attached hydrogen (secondary N) is 3. The monoisotopic (exact) mass is 616 g/mol. The number of fused-ring (bicyclic) bond motifs is 1. The van der Waals surface area contributed by atoms with Gasteiger partial charge in [0.15, 0.2) is 0 Å². The molecule has 1 aliphatic rings. The SMILES string of the molecule is Cc1ccccc1[C@@H](CO)COC(=O)Nc1ccc(S(=O)C2CC2)c(CN(C)C(=O)CNc2ccc3cc[nH]c(=O)c3c2)c1. The molecule has 1 saturated carbocycles. The fourth-order valence-corrected chi connectivity index (χ4v) is 6.51. The van der Waals surface area contributed by atoms with Crippen LogP contribution in [0.1, 0.15) is 35.4 Å². The molecular weight excluding hydrogens is 580 g/mol. The van der Waals surface area contributed by atoms with Crippen molar-refractivity contribution in [3.63, 3.8) is 0 Å². The number of rotatable bonds is 12. The van der Waals surface area contributed by atoms with E-state index in [1.54, 1.807) is 37.5 Å². The first-order chi connectivity index (χ1) is 21.2. The van der Waals surface area contributed by atoms with E-state index in [1.807, 2.05) is 49.4 Å². The van der Waals surface area contributed by atoms with Crippen molar-refractivity contribution in [2.24, 2.45) is 0 Å². The number of carbonyl (C=O) groups excluding carboxylic acids is 2. The normalized spacial score (nSPS) is 14.1. The van der Waals surface area contributed by atoms with Crippen LogP contribution in [0.4, 0.5) is 16.2 Å². The van der Waals surface area contributed by atoms with Crippen LogP contribution >= 0.6 is 0 Å². The number of amides is 2. The van der Waals surface area contributed by atoms with Crippen LogP contribution < -0.4 is 16.2 Å². The number of aromatic nitrogens is 1. The molecular formula is C33H36N4O6S. The lowest BCUT2D eigenvalue weighted by molar-refractivity contribution is -0.128. The van der Waals surface area contributed by atoms with E-state index >= 15 is 0 Å². The lowest BCUT2D eigenvalue weighted by atomic mass is 9.96. The first-order valence-electron chi connectivity index (χ1n) is 14.5. The Morgan fingerprint density at radius 1 is 1.09 bits per heavy atom. The molecule has 44 heavy (non-hydrogen) atoms. The van der Waals surface area contributed by atoms with E-state index in [1.165, 1.54) is 4.90 Å². The number of aromatic amines is 1. The number of hydrogen-bond acceptors (Lipinski definition) is 7. The molecule has 2 atom stereocenters. The molecule has 0 saturated heterocycles. The summed E-state index contributed by atoms with van der Waals surface area (Å²) in [6.07, 6.45) is 2.69. The van der Waals surface area contributed by atoms with Crippen molar-refractivity contribution >= 4 is 44.9 Å². The zero-order valence-corrected chi connectivity index (χ0v) is 25.5. The van der Waals surface area contributed by atoms with Crippen LogP contribution in [0.25, 0.3) is 10.8 Å². The Labute approximate surface area is 257 Å². The van der Waals surface area contributed by atoms with Gasteiger partial charge in [0.25, 0.3) is 5.56 Å². The van der Waals surface area contributed by atoms with Crippen molar-refractivity contribution in [2.45, 2.75) is 42.4 Å². The topological polar surface area (TPSA) is 141 Å². The molecule has 0 bridgehead atoms. The summed E-state index contributed by atoms with van der Waals surface area (Å²) in [5.74, 6) is -0.566. The van der Waals surface area contributed by atoms with Crippen molar-refractivity contribution in [1.82, 2.24) is 9.88 Å². The number of aliphatic hydroxyl groups is 1. The van der Waals surface area contributed by atoms with Crippen LogP contribution in [0.5, 0.6) is 0 Å². The number of H-pyrrole nitrogens is 1. The van der Waals surface area contributed by atoms with Gasteiger partial charge in [-0.1, -0.05) is 30.3 Å². The van der Waals surface area contributed by atoms with Crippen LogP contribution in [0.2, 0.25) is 0 Å². The summed E-state index contributed by atoms with van der Waals surface area (Å²) >= 11 is 0. The maximum Gasteiger partial charge on any atom is 0.411 e. The Hall–Kier alpha value is -4.48. The molecule has 1 aromatic heterocycles. The highest BCUT2D eigenvalue weighted by Crippen LogP contribution is 2.33. The summed E-state index contributed by atoms with van der Waals surface area (Å²) in [5.41, 5.74) is 3.45. The van der Waals surface area contributed by atoms with Crippen LogP contribution in [0, 0.1) is 6.92 Å². The summed E-state index contributed by atoms with van der Waals surface area (Å²) in [7, 11) is 0.433. The second-order valence-electron chi connectivity index (χ2n) is 11.0. The van der Waals surface area contributed by atoms with Gasteiger partial charge >= 0.3 is 6.09 Å². The van der Waals surface area contributed by atoms with E-state index < -0.39 is 16.9 Å². The summed E-state index contributed by atoms with van der Waals surface area (Å²) < 4.78 is 18.6. The Morgan fingerprint density at radius 3 is 2.61 bits per heavy atom. The summed E-state index contributed by atoms with van der Waals surface area (Å²) in [4.78, 5) is 42.7. The van der Waals surface area contributed by atoms with Gasteiger partial charge in [-0.05, 0) is 78.2 Å². The number of pyridine rings is 1. The van der Waals surface area contributed by atoms with E-state index in [4.69, 9.17) is 4.74 Å². The largest absolute Gasteiger partial charge is 0.449 e. The molecule has 1 aliphatic carbocycles. The average molecular weight is 617 g/mol. The number of ether oxygens (including phenoxy) is 1. The van der Waals surface area contributed by atoms with Gasteiger partial charge in [-0.2, -0.15) is 0 Å². The number of benzene rings is 3. The minimum atomic E-state index is -1.23. The highest BCUT2D eigenvalue weighted by Gasteiger charge is 2.31. The Morgan fingerprint density at radius 2 is 1.86 bits per heavy atom. The van der Waals surface area contributed by atoms with E-state index in [0.717, 1.165) is 29.4 Å². The van der Waals surface area contributed by atoms with Crippen molar-refractivity contribution < 1.29 is 23.6 Å². The number of aliphatic hydroxyl groups excluding tert-OH is 1. The molecule has 4 N–H and O–H groups in total. The minimum Gasteiger partial charge on any atom is -0.449 e. The molecule has 4 aromatic rings. The van der Waals surface area contributed by atoms with Gasteiger partial charge in [0, 0.05) is 52.6 Å². The van der Waals surface area contributed by atoms with Gasteiger partial charge in [0.1, 0.15) is 6.61 Å². The Bertz CT molecular complexity index is 1750. The fraction of sp³-hybridized carbons (Fsp3) is 0.303. The van der Waals surface area contributed by atoms with Crippen molar-refractivity contribution in [3.8, 4) is 0 Å². The van der Waals surface area contributed by atoms with Crippen molar-refractivity contribution in [2.75, 3.05) is 37.4 Å². The maximum absolute atomic E-state index is 13.2. The van der Waals surface area contributed by atoms with Gasteiger partial charge in [-0.25, -0.2) is 4.79 Å². The molecule has 5 rings (SSSR count). The fourth-order valence-electron chi connectivity index (χ4n) is 5.00. The number of nitrogens with zero attached hydrogens (tertiary/aromatic N) is 1. The highest BCUT2D eigenvalue weighted by molar-refractivity contribution is 7.86. The number of likely N-dealkylation sites (N-methyl/N-ethyl adjacent to an activating group) is 1. The third kappa shape index (κ3) is 7.53. The van der Waals surface area contributed by atoms with Gasteiger partial charge in [0.05, 0.1) is 24.0 Å². The van der Waals surface area contributed by atoms with Crippen LogP contribution in [-0.2, 0) is 26.9 Å². The Kier molecular flexibility index (Phi) is 9.76. The second-order valence-corrected chi connectivity index (χ2v) is 12.7. The quantitative estimate of drug-likeness (QED) is 0.184. The second kappa shape index (κ2) is 13.9. The van der Waals surface area contributed by atoms with Gasteiger partial charge in [0.2, 0.25) is 5.91 Å². The molecule has 11 heteroatoms. The van der Waals surface area contributed by atoms with Crippen molar-refractivity contribution in [1.29, 1.82) is 0 Å². The maximum atomic E-state index is 13.2. The van der Waals surface area contributed by atoms with E-state index in [0.29, 0.717) is 27.2 Å². The first kappa shape index (κ1) is 31.0. The zero-order valence-electron chi connectivity index (χ0n) is 24.7. The molecule has 0 aliphatic heterocycles. The van der Waals surface area contributed by atoms with Crippen LogP contribution in [0.15, 0.2) is 82.6 Å². The molecule has 1 heterocycles. The molecule has 2 amide bonds. The molecule has 0 radical (unpaired) electrons. The number of aryl methyl sites for hydroxylation is 1. The van der Waals surface area contributed by atoms with Gasteiger partial charge in [-0.15, -0.1) is 0 Å². The highest BCUT2D eigenvalue weighted by atomic mass is 32.2. The standard InChI is InChI=1S/C33H36N4O6S/c1-21-5-3-4-6-28(21)24(19-38)20-43-33(41)36-26-9-12-30(44(42)27-10-11-27)23(15-26)18-37(2)31(39)17-35-25-8-7-22-13-14-34-32(40)29(22)16-25/h3-9,12-16,24,27,35,38H,10-11,17-20H2,1-2H3,(H,34,40)(H,36,41)/t24-,44?/m0/s1. The molecule has 10 nitrogen and oxygen atoms in total. The number of hydrogen-bond donors (Lipinski definition) is 4. The lowest BCUT2D eigenvalue weighted by Gasteiger charge is -2.21. The van der Waals surface area contributed by atoms with Crippen LogP contribution in [-0.4, -0.2) is 63.3 Å². The molecule has 1 fully saturated rings. The van der Waals surface area contributed by atoms with Gasteiger partial charge < -0.3 is 25.0 Å². The summed E-state index contributed by atoms with van der Waals surface area (Å²) in [6, 6.07) is 19.9. The zero-order chi connectivity index (χ0) is 31.2. The lowest BCUT2D eigenvalue weighted by Crippen LogP contribution is -2.32. The van der Waals surface area contributed by atoms with E-state index in [-0.39, 0.29) is 48.9 Å². The van der Waals surface area contributed by atoms with Gasteiger partial charge in [-0.3, -0.25) is 19.1 Å². The smallest absolute Gasteiger partial charge is 0.411 e. The summed E-state index contributed by atoms with van der Waals surface area (Å²) in [6.45, 7) is 1.94. The van der Waals surface area contributed by atoms with Crippen molar-refractivity contribution in [3.05, 3.63) is 100.0 Å². The predicted molar refractivity (Wildman–Crippen MR) is 171 cm³/mol. The molecule has 1 unspecified atom stereocenters. The van der Waals surface area contributed by atoms with Crippen LogP contribution in [0.3, 0.4) is 0 Å². The third-order valence-corrected chi connectivity index (χ3v) is 9.58. The molecule has 230 valence electrons. The average Bonchev–Trinajstić information content (AvgIpc) is 3.87. The van der Waals surface area contributed by atoms with E-state index in [9.17, 15) is 23.7 Å². The Balaban J connectivity index is 1.24. The molecule has 0 spiro atoms.